The summed E-state index contributed by atoms with van der Waals surface area (Å²) in [5.41, 5.74) is 0.667. The number of allylic oxidation sites excluding steroid dienone is 2. The zero-order valence-corrected chi connectivity index (χ0v) is 11.6. The second-order valence-corrected chi connectivity index (χ2v) is 5.42. The van der Waals surface area contributed by atoms with Crippen LogP contribution in [0, 0.1) is 5.92 Å². The first-order valence-corrected chi connectivity index (χ1v) is 6.75. The number of rotatable bonds is 2. The van der Waals surface area contributed by atoms with E-state index in [1.807, 2.05) is 12.1 Å². The highest BCUT2D eigenvalue weighted by molar-refractivity contribution is 9.10. The highest BCUT2D eigenvalue weighted by Crippen LogP contribution is 2.27. The number of anilines is 1. The van der Waals surface area contributed by atoms with Crippen LogP contribution < -0.4 is 5.32 Å². The van der Waals surface area contributed by atoms with Crippen LogP contribution in [0.25, 0.3) is 0 Å². The SMILES string of the molecule is O=C(Nc1cc(Br)ccc1Cl)C1CC=CCC1. The number of carbonyl (C=O) groups is 1. The lowest BCUT2D eigenvalue weighted by Gasteiger charge is -2.17. The van der Waals surface area contributed by atoms with Crippen LogP contribution >= 0.6 is 27.5 Å². The Bertz CT molecular complexity index is 459. The molecule has 1 aliphatic carbocycles. The first-order chi connectivity index (χ1) is 8.16. The van der Waals surface area contributed by atoms with E-state index in [1.165, 1.54) is 0 Å². The molecule has 0 spiro atoms. The first-order valence-electron chi connectivity index (χ1n) is 5.58. The van der Waals surface area contributed by atoms with Crippen molar-refractivity contribution in [2.75, 3.05) is 5.32 Å². The second-order valence-electron chi connectivity index (χ2n) is 4.09. The lowest BCUT2D eigenvalue weighted by molar-refractivity contribution is -0.120. The highest BCUT2D eigenvalue weighted by Gasteiger charge is 2.19. The molecule has 1 aromatic rings. The zero-order chi connectivity index (χ0) is 12.3. The lowest BCUT2D eigenvalue weighted by Crippen LogP contribution is -2.23. The molecule has 0 fully saturated rings. The molecule has 1 atom stereocenters. The Hall–Kier alpha value is -0.800. The number of hydrogen-bond donors (Lipinski definition) is 1. The van der Waals surface area contributed by atoms with Crippen LogP contribution in [0.5, 0.6) is 0 Å². The summed E-state index contributed by atoms with van der Waals surface area (Å²) in [6.07, 6.45) is 6.89. The fourth-order valence-corrected chi connectivity index (χ4v) is 2.39. The molecule has 0 saturated heterocycles. The van der Waals surface area contributed by atoms with E-state index in [2.05, 4.69) is 33.4 Å². The zero-order valence-electron chi connectivity index (χ0n) is 9.25. The Morgan fingerprint density at radius 1 is 1.41 bits per heavy atom. The molecule has 1 aliphatic rings. The van der Waals surface area contributed by atoms with Crippen LogP contribution in [0.2, 0.25) is 5.02 Å². The van der Waals surface area contributed by atoms with Crippen LogP contribution in [-0.4, -0.2) is 5.91 Å². The summed E-state index contributed by atoms with van der Waals surface area (Å²) in [4.78, 5) is 12.0. The van der Waals surface area contributed by atoms with E-state index in [9.17, 15) is 4.79 Å². The summed E-state index contributed by atoms with van der Waals surface area (Å²) in [5, 5.41) is 3.45. The van der Waals surface area contributed by atoms with Crippen molar-refractivity contribution in [3.8, 4) is 0 Å². The normalized spacial score (nSPS) is 19.1. The Kier molecular flexibility index (Phi) is 4.24. The molecule has 1 amide bonds. The summed E-state index contributed by atoms with van der Waals surface area (Å²) in [5.74, 6) is 0.115. The molecular formula is C13H13BrClNO. The van der Waals surface area contributed by atoms with Gasteiger partial charge in [-0.15, -0.1) is 0 Å². The summed E-state index contributed by atoms with van der Waals surface area (Å²) >= 11 is 9.39. The molecule has 0 bridgehead atoms. The van der Waals surface area contributed by atoms with Crippen molar-refractivity contribution in [1.29, 1.82) is 0 Å². The van der Waals surface area contributed by atoms with Gasteiger partial charge in [0.05, 0.1) is 10.7 Å². The van der Waals surface area contributed by atoms with E-state index >= 15 is 0 Å². The fourth-order valence-electron chi connectivity index (χ4n) is 1.86. The van der Waals surface area contributed by atoms with Gasteiger partial charge in [0.25, 0.3) is 0 Å². The molecule has 17 heavy (non-hydrogen) atoms. The molecular weight excluding hydrogens is 302 g/mol. The third-order valence-electron chi connectivity index (χ3n) is 2.83. The number of benzene rings is 1. The van der Waals surface area contributed by atoms with Crippen LogP contribution in [0.3, 0.4) is 0 Å². The van der Waals surface area contributed by atoms with Gasteiger partial charge in [-0.2, -0.15) is 0 Å². The number of nitrogens with one attached hydrogen (secondary N) is 1. The van der Waals surface area contributed by atoms with Gasteiger partial charge in [-0.3, -0.25) is 4.79 Å². The average molecular weight is 315 g/mol. The van der Waals surface area contributed by atoms with Gasteiger partial charge in [0, 0.05) is 10.4 Å². The standard InChI is InChI=1S/C13H13BrClNO/c14-10-6-7-11(15)12(8-10)16-13(17)9-4-2-1-3-5-9/h1-2,6-9H,3-5H2,(H,16,17). The van der Waals surface area contributed by atoms with Crippen LogP contribution in [0.15, 0.2) is 34.8 Å². The predicted octanol–water partition coefficient (Wildman–Crippen LogP) is 4.40. The van der Waals surface area contributed by atoms with E-state index in [0.717, 1.165) is 23.7 Å². The van der Waals surface area contributed by atoms with E-state index in [1.54, 1.807) is 6.07 Å². The smallest absolute Gasteiger partial charge is 0.227 e. The number of amides is 1. The van der Waals surface area contributed by atoms with Crippen LogP contribution in [-0.2, 0) is 4.79 Å². The van der Waals surface area contributed by atoms with Crippen molar-refractivity contribution in [3.05, 3.63) is 39.8 Å². The van der Waals surface area contributed by atoms with Gasteiger partial charge in [-0.05, 0) is 37.5 Å². The monoisotopic (exact) mass is 313 g/mol. The van der Waals surface area contributed by atoms with E-state index < -0.39 is 0 Å². The van der Waals surface area contributed by atoms with Crippen LogP contribution in [0.1, 0.15) is 19.3 Å². The van der Waals surface area contributed by atoms with Gasteiger partial charge in [-0.1, -0.05) is 39.7 Å². The van der Waals surface area contributed by atoms with Gasteiger partial charge in [-0.25, -0.2) is 0 Å². The van der Waals surface area contributed by atoms with Gasteiger partial charge < -0.3 is 5.32 Å². The van der Waals surface area contributed by atoms with Crippen molar-refractivity contribution >= 4 is 39.1 Å². The quantitative estimate of drug-likeness (QED) is 0.806. The van der Waals surface area contributed by atoms with Gasteiger partial charge in [0.15, 0.2) is 0 Å². The topological polar surface area (TPSA) is 29.1 Å². The van der Waals surface area contributed by atoms with E-state index in [-0.39, 0.29) is 11.8 Å². The molecule has 0 saturated carbocycles. The molecule has 90 valence electrons. The van der Waals surface area contributed by atoms with Crippen molar-refractivity contribution in [1.82, 2.24) is 0 Å². The molecule has 1 aromatic carbocycles. The largest absolute Gasteiger partial charge is 0.324 e. The summed E-state index contributed by atoms with van der Waals surface area (Å²) < 4.78 is 0.903. The van der Waals surface area contributed by atoms with Gasteiger partial charge in [0.2, 0.25) is 5.91 Å². The van der Waals surface area contributed by atoms with Crippen molar-refractivity contribution in [2.45, 2.75) is 19.3 Å². The second kappa shape index (κ2) is 5.69. The van der Waals surface area contributed by atoms with Crippen molar-refractivity contribution in [2.24, 2.45) is 5.92 Å². The molecule has 0 heterocycles. The van der Waals surface area contributed by atoms with Crippen LogP contribution in [0.4, 0.5) is 5.69 Å². The Labute approximate surface area is 114 Å². The van der Waals surface area contributed by atoms with E-state index in [0.29, 0.717) is 10.7 Å². The third-order valence-corrected chi connectivity index (χ3v) is 3.65. The molecule has 1 N–H and O–H groups in total. The Morgan fingerprint density at radius 2 is 2.24 bits per heavy atom. The minimum Gasteiger partial charge on any atom is -0.324 e. The third kappa shape index (κ3) is 3.33. The summed E-state index contributed by atoms with van der Waals surface area (Å²) in [7, 11) is 0. The Morgan fingerprint density at radius 3 is 2.94 bits per heavy atom. The predicted molar refractivity (Wildman–Crippen MR) is 74.3 cm³/mol. The maximum atomic E-state index is 12.0. The number of carbonyl (C=O) groups excluding carboxylic acids is 1. The maximum Gasteiger partial charge on any atom is 0.227 e. The average Bonchev–Trinajstić information content (AvgIpc) is 2.35. The minimum atomic E-state index is 0.0503. The highest BCUT2D eigenvalue weighted by atomic mass is 79.9. The Balaban J connectivity index is 2.07. The van der Waals surface area contributed by atoms with Crippen molar-refractivity contribution in [3.63, 3.8) is 0 Å². The van der Waals surface area contributed by atoms with Gasteiger partial charge >= 0.3 is 0 Å². The maximum absolute atomic E-state index is 12.0. The molecule has 2 rings (SSSR count). The van der Waals surface area contributed by atoms with Gasteiger partial charge in [0.1, 0.15) is 0 Å². The minimum absolute atomic E-state index is 0.0503. The number of halogens is 2. The molecule has 0 aromatic heterocycles. The van der Waals surface area contributed by atoms with E-state index in [4.69, 9.17) is 11.6 Å². The molecule has 0 radical (unpaired) electrons. The first kappa shape index (κ1) is 12.7. The molecule has 2 nitrogen and oxygen atoms in total. The summed E-state index contributed by atoms with van der Waals surface area (Å²) in [6.45, 7) is 0. The summed E-state index contributed by atoms with van der Waals surface area (Å²) in [6, 6.07) is 5.43. The molecule has 0 aliphatic heterocycles. The number of hydrogen-bond acceptors (Lipinski definition) is 1. The van der Waals surface area contributed by atoms with Crippen molar-refractivity contribution < 1.29 is 4.79 Å². The lowest BCUT2D eigenvalue weighted by atomic mass is 9.93. The molecule has 1 unspecified atom stereocenters. The fraction of sp³-hybridized carbons (Fsp3) is 0.308. The molecule has 4 heteroatoms.